The van der Waals surface area contributed by atoms with Crippen molar-refractivity contribution >= 4 is 0 Å². The van der Waals surface area contributed by atoms with Crippen molar-refractivity contribution in [2.45, 2.75) is 31.7 Å². The molecule has 1 saturated heterocycles. The van der Waals surface area contributed by atoms with Crippen molar-refractivity contribution in [2.24, 2.45) is 17.6 Å². The average molecular weight is 225 g/mol. The molecule has 1 aliphatic carbocycles. The molecule has 2 fully saturated rings. The fraction of sp³-hybridized carbons (Fsp3) is 1.00. The summed E-state index contributed by atoms with van der Waals surface area (Å²) in [4.78, 5) is 5.04. The fourth-order valence-corrected chi connectivity index (χ4v) is 3.59. The van der Waals surface area contributed by atoms with Gasteiger partial charge in [-0.15, -0.1) is 0 Å². The van der Waals surface area contributed by atoms with Crippen LogP contribution in [-0.4, -0.2) is 56.1 Å². The van der Waals surface area contributed by atoms with Crippen LogP contribution >= 0.6 is 0 Å². The zero-order valence-electron chi connectivity index (χ0n) is 10.9. The van der Waals surface area contributed by atoms with Gasteiger partial charge in [-0.3, -0.25) is 0 Å². The van der Waals surface area contributed by atoms with Gasteiger partial charge in [-0.25, -0.2) is 0 Å². The molecule has 2 aliphatic rings. The third-order valence-electron chi connectivity index (χ3n) is 4.52. The van der Waals surface area contributed by atoms with Crippen molar-refractivity contribution in [1.82, 2.24) is 9.80 Å². The second-order valence-corrected chi connectivity index (χ2v) is 5.85. The lowest BCUT2D eigenvalue weighted by Crippen LogP contribution is -2.40. The largest absolute Gasteiger partial charge is 0.330 e. The van der Waals surface area contributed by atoms with Crippen LogP contribution in [0.3, 0.4) is 0 Å². The van der Waals surface area contributed by atoms with E-state index in [0.29, 0.717) is 0 Å². The molecule has 0 aromatic heterocycles. The zero-order chi connectivity index (χ0) is 11.5. The molecule has 2 rings (SSSR count). The molecule has 1 saturated carbocycles. The Morgan fingerprint density at radius 2 is 2.12 bits per heavy atom. The Bertz CT molecular complexity index is 219. The SMILES string of the molecule is CN1CCC(CN(C)C2CCCC2CN)C1. The highest BCUT2D eigenvalue weighted by molar-refractivity contribution is 4.86. The second kappa shape index (κ2) is 5.48. The summed E-state index contributed by atoms with van der Waals surface area (Å²) in [6.45, 7) is 4.71. The van der Waals surface area contributed by atoms with Gasteiger partial charge in [0.2, 0.25) is 0 Å². The van der Waals surface area contributed by atoms with E-state index in [4.69, 9.17) is 5.73 Å². The van der Waals surface area contributed by atoms with E-state index in [2.05, 4.69) is 23.9 Å². The predicted molar refractivity (Wildman–Crippen MR) is 68.4 cm³/mol. The summed E-state index contributed by atoms with van der Waals surface area (Å²) in [6.07, 6.45) is 5.46. The van der Waals surface area contributed by atoms with Crippen molar-refractivity contribution < 1.29 is 0 Å². The van der Waals surface area contributed by atoms with E-state index in [1.807, 2.05) is 0 Å². The topological polar surface area (TPSA) is 32.5 Å². The maximum Gasteiger partial charge on any atom is 0.0133 e. The standard InChI is InChI=1S/C13H27N3/c1-15-7-6-11(9-15)10-16(2)13-5-3-4-12(13)8-14/h11-13H,3-10,14H2,1-2H3. The van der Waals surface area contributed by atoms with Crippen LogP contribution in [0.15, 0.2) is 0 Å². The molecule has 16 heavy (non-hydrogen) atoms. The molecule has 1 heterocycles. The van der Waals surface area contributed by atoms with Gasteiger partial charge < -0.3 is 15.5 Å². The molecule has 0 bridgehead atoms. The zero-order valence-corrected chi connectivity index (χ0v) is 10.9. The lowest BCUT2D eigenvalue weighted by Gasteiger charge is -2.31. The van der Waals surface area contributed by atoms with Crippen LogP contribution in [0.2, 0.25) is 0 Å². The summed E-state index contributed by atoms with van der Waals surface area (Å²) in [5.74, 6) is 1.64. The Hall–Kier alpha value is -0.120. The van der Waals surface area contributed by atoms with E-state index in [9.17, 15) is 0 Å². The minimum Gasteiger partial charge on any atom is -0.330 e. The number of nitrogens with zero attached hydrogens (tertiary/aromatic N) is 2. The number of hydrogen-bond acceptors (Lipinski definition) is 3. The van der Waals surface area contributed by atoms with E-state index in [-0.39, 0.29) is 0 Å². The quantitative estimate of drug-likeness (QED) is 0.775. The lowest BCUT2D eigenvalue weighted by molar-refractivity contribution is 0.173. The van der Waals surface area contributed by atoms with Gasteiger partial charge in [0, 0.05) is 19.1 Å². The van der Waals surface area contributed by atoms with Gasteiger partial charge in [-0.05, 0) is 58.3 Å². The molecule has 3 heteroatoms. The predicted octanol–water partition coefficient (Wildman–Crippen LogP) is 0.997. The molecule has 3 nitrogen and oxygen atoms in total. The molecule has 94 valence electrons. The van der Waals surface area contributed by atoms with E-state index < -0.39 is 0 Å². The molecule has 0 aromatic carbocycles. The van der Waals surface area contributed by atoms with Crippen molar-refractivity contribution in [3.63, 3.8) is 0 Å². The highest BCUT2D eigenvalue weighted by atomic mass is 15.2. The summed E-state index contributed by atoms with van der Waals surface area (Å²) in [6, 6.07) is 0.760. The summed E-state index contributed by atoms with van der Waals surface area (Å²) in [7, 11) is 4.54. The first kappa shape index (κ1) is 12.3. The van der Waals surface area contributed by atoms with Crippen LogP contribution in [0.4, 0.5) is 0 Å². The van der Waals surface area contributed by atoms with Crippen LogP contribution in [-0.2, 0) is 0 Å². The Balaban J connectivity index is 1.80. The Morgan fingerprint density at radius 3 is 2.75 bits per heavy atom. The summed E-state index contributed by atoms with van der Waals surface area (Å²) < 4.78 is 0. The molecule has 0 amide bonds. The highest BCUT2D eigenvalue weighted by Gasteiger charge is 2.31. The summed E-state index contributed by atoms with van der Waals surface area (Å²) >= 11 is 0. The van der Waals surface area contributed by atoms with E-state index >= 15 is 0 Å². The molecular formula is C13H27N3. The average Bonchev–Trinajstić information content (AvgIpc) is 2.86. The molecule has 2 N–H and O–H groups in total. The van der Waals surface area contributed by atoms with E-state index in [0.717, 1.165) is 24.4 Å². The monoisotopic (exact) mass is 225 g/mol. The maximum atomic E-state index is 5.86. The molecule has 0 radical (unpaired) electrons. The van der Waals surface area contributed by atoms with Crippen LogP contribution < -0.4 is 5.73 Å². The van der Waals surface area contributed by atoms with Gasteiger partial charge in [-0.2, -0.15) is 0 Å². The van der Waals surface area contributed by atoms with Gasteiger partial charge in [0.15, 0.2) is 0 Å². The minimum absolute atomic E-state index is 0.754. The third kappa shape index (κ3) is 2.76. The third-order valence-corrected chi connectivity index (χ3v) is 4.52. The molecule has 3 unspecified atom stereocenters. The van der Waals surface area contributed by atoms with E-state index in [1.165, 1.54) is 45.3 Å². The smallest absolute Gasteiger partial charge is 0.0133 e. The molecule has 0 aromatic rings. The van der Waals surface area contributed by atoms with Crippen LogP contribution in [0.25, 0.3) is 0 Å². The van der Waals surface area contributed by atoms with Crippen molar-refractivity contribution in [3.8, 4) is 0 Å². The fourth-order valence-electron chi connectivity index (χ4n) is 3.59. The number of likely N-dealkylation sites (tertiary alicyclic amines) is 1. The first-order valence-electron chi connectivity index (χ1n) is 6.79. The summed E-state index contributed by atoms with van der Waals surface area (Å²) in [5, 5.41) is 0. The second-order valence-electron chi connectivity index (χ2n) is 5.85. The minimum atomic E-state index is 0.754. The normalized spacial score (nSPS) is 36.4. The van der Waals surface area contributed by atoms with Crippen LogP contribution in [0.1, 0.15) is 25.7 Å². The number of nitrogens with two attached hydrogens (primary N) is 1. The van der Waals surface area contributed by atoms with Crippen molar-refractivity contribution in [2.75, 3.05) is 40.3 Å². The van der Waals surface area contributed by atoms with Gasteiger partial charge in [0.25, 0.3) is 0 Å². The Labute approximate surface area is 100.0 Å². The van der Waals surface area contributed by atoms with E-state index in [1.54, 1.807) is 0 Å². The number of rotatable bonds is 4. The first-order chi connectivity index (χ1) is 7.70. The van der Waals surface area contributed by atoms with Crippen molar-refractivity contribution in [3.05, 3.63) is 0 Å². The molecule has 0 spiro atoms. The Kier molecular flexibility index (Phi) is 4.22. The van der Waals surface area contributed by atoms with Gasteiger partial charge in [0.1, 0.15) is 0 Å². The summed E-state index contributed by atoms with van der Waals surface area (Å²) in [5.41, 5.74) is 5.86. The van der Waals surface area contributed by atoms with Gasteiger partial charge in [-0.1, -0.05) is 6.42 Å². The number of hydrogen-bond donors (Lipinski definition) is 1. The van der Waals surface area contributed by atoms with Gasteiger partial charge in [0.05, 0.1) is 0 Å². The molecule has 3 atom stereocenters. The lowest BCUT2D eigenvalue weighted by atomic mass is 10.0. The van der Waals surface area contributed by atoms with Crippen LogP contribution in [0.5, 0.6) is 0 Å². The molecule has 1 aliphatic heterocycles. The van der Waals surface area contributed by atoms with Crippen LogP contribution in [0, 0.1) is 11.8 Å². The van der Waals surface area contributed by atoms with Gasteiger partial charge >= 0.3 is 0 Å². The Morgan fingerprint density at radius 1 is 1.31 bits per heavy atom. The first-order valence-corrected chi connectivity index (χ1v) is 6.79. The van der Waals surface area contributed by atoms with Crippen molar-refractivity contribution in [1.29, 1.82) is 0 Å². The molecular weight excluding hydrogens is 198 g/mol. The highest BCUT2D eigenvalue weighted by Crippen LogP contribution is 2.29. The maximum absolute atomic E-state index is 5.86.